The van der Waals surface area contributed by atoms with E-state index in [0.29, 0.717) is 18.2 Å². The summed E-state index contributed by atoms with van der Waals surface area (Å²) < 4.78 is 38.0. The van der Waals surface area contributed by atoms with Gasteiger partial charge < -0.3 is 5.32 Å². The number of carbonyl (C=O) groups is 1. The van der Waals surface area contributed by atoms with Gasteiger partial charge in [-0.15, -0.1) is 0 Å². The first kappa shape index (κ1) is 18.8. The van der Waals surface area contributed by atoms with E-state index >= 15 is 0 Å². The summed E-state index contributed by atoms with van der Waals surface area (Å²) in [5.41, 5.74) is -0.335. The molecule has 1 N–H and O–H groups in total. The molecule has 1 fully saturated rings. The molecule has 1 aromatic rings. The highest BCUT2D eigenvalue weighted by atomic mass is 19.4. The minimum Gasteiger partial charge on any atom is -0.355 e. The van der Waals surface area contributed by atoms with Crippen LogP contribution in [0.15, 0.2) is 24.3 Å². The van der Waals surface area contributed by atoms with Gasteiger partial charge in [-0.1, -0.05) is 31.5 Å². The van der Waals surface area contributed by atoms with Gasteiger partial charge in [0.15, 0.2) is 0 Å². The molecule has 0 bridgehead atoms. The predicted molar refractivity (Wildman–Crippen MR) is 87.7 cm³/mol. The maximum Gasteiger partial charge on any atom is 0.416 e. The van der Waals surface area contributed by atoms with E-state index in [2.05, 4.69) is 17.1 Å². The second-order valence-electron chi connectivity index (χ2n) is 6.32. The van der Waals surface area contributed by atoms with Crippen LogP contribution in [-0.4, -0.2) is 36.5 Å². The Hall–Kier alpha value is -1.56. The zero-order valence-electron chi connectivity index (χ0n) is 14.0. The minimum atomic E-state index is -4.38. The Kier molecular flexibility index (Phi) is 6.66. The van der Waals surface area contributed by atoms with Crippen LogP contribution < -0.4 is 5.32 Å². The number of amides is 1. The van der Waals surface area contributed by atoms with Crippen LogP contribution in [0.2, 0.25) is 0 Å². The van der Waals surface area contributed by atoms with Crippen molar-refractivity contribution < 1.29 is 18.0 Å². The van der Waals surface area contributed by atoms with Crippen molar-refractivity contribution in [2.24, 2.45) is 0 Å². The number of rotatable bonds is 6. The number of hydrogen-bond donors (Lipinski definition) is 1. The van der Waals surface area contributed by atoms with Crippen LogP contribution in [0.5, 0.6) is 0 Å². The molecule has 1 amide bonds. The lowest BCUT2D eigenvalue weighted by atomic mass is 10.0. The van der Waals surface area contributed by atoms with Crippen LogP contribution in [0.1, 0.15) is 43.7 Å². The third kappa shape index (κ3) is 5.51. The summed E-state index contributed by atoms with van der Waals surface area (Å²) in [6.45, 7) is 4.57. The number of nitrogens with one attached hydrogen (secondary N) is 1. The standard InChI is InChI=1S/C18H25F3N2O/c1-2-16-8-3-4-10-23(16)11-9-22-17(24)13-14-6-5-7-15(12-14)18(19,20)21/h5-7,12,16H,2-4,8-11,13H2,1H3,(H,22,24). The highest BCUT2D eigenvalue weighted by Crippen LogP contribution is 2.29. The molecule has 3 nitrogen and oxygen atoms in total. The molecule has 1 aliphatic rings. The molecule has 2 rings (SSSR count). The predicted octanol–water partition coefficient (Wildman–Crippen LogP) is 3.63. The number of hydrogen-bond acceptors (Lipinski definition) is 2. The van der Waals surface area contributed by atoms with E-state index in [9.17, 15) is 18.0 Å². The van der Waals surface area contributed by atoms with E-state index in [1.165, 1.54) is 25.3 Å². The van der Waals surface area contributed by atoms with Gasteiger partial charge in [-0.25, -0.2) is 0 Å². The quantitative estimate of drug-likeness (QED) is 0.856. The molecule has 134 valence electrons. The molecule has 1 saturated heterocycles. The van der Waals surface area contributed by atoms with Crippen molar-refractivity contribution in [2.75, 3.05) is 19.6 Å². The van der Waals surface area contributed by atoms with E-state index < -0.39 is 11.7 Å². The summed E-state index contributed by atoms with van der Waals surface area (Å²) >= 11 is 0. The number of carbonyl (C=O) groups excluding carboxylic acids is 1. The summed E-state index contributed by atoms with van der Waals surface area (Å²) in [4.78, 5) is 14.4. The lowest BCUT2D eigenvalue weighted by Gasteiger charge is -2.35. The van der Waals surface area contributed by atoms with Crippen molar-refractivity contribution in [3.8, 4) is 0 Å². The summed E-state index contributed by atoms with van der Waals surface area (Å²) in [6.07, 6.45) is 0.357. The Bertz CT molecular complexity index is 545. The monoisotopic (exact) mass is 342 g/mol. The maximum atomic E-state index is 12.7. The SMILES string of the molecule is CCC1CCCCN1CCNC(=O)Cc1cccc(C(F)(F)F)c1. The smallest absolute Gasteiger partial charge is 0.355 e. The molecule has 0 aromatic heterocycles. The second kappa shape index (κ2) is 8.51. The molecule has 6 heteroatoms. The average molecular weight is 342 g/mol. The van der Waals surface area contributed by atoms with E-state index in [-0.39, 0.29) is 12.3 Å². The number of piperidine rings is 1. The molecule has 0 radical (unpaired) electrons. The molecule has 1 atom stereocenters. The lowest BCUT2D eigenvalue weighted by Crippen LogP contribution is -2.43. The van der Waals surface area contributed by atoms with Crippen molar-refractivity contribution in [3.05, 3.63) is 35.4 Å². The van der Waals surface area contributed by atoms with Gasteiger partial charge in [0.25, 0.3) is 0 Å². The molecule has 24 heavy (non-hydrogen) atoms. The summed E-state index contributed by atoms with van der Waals surface area (Å²) in [5.74, 6) is -0.237. The largest absolute Gasteiger partial charge is 0.416 e. The molecule has 1 heterocycles. The van der Waals surface area contributed by atoms with Gasteiger partial charge in [0.1, 0.15) is 0 Å². The first-order chi connectivity index (χ1) is 11.4. The van der Waals surface area contributed by atoms with Gasteiger partial charge in [0, 0.05) is 19.1 Å². The molecular weight excluding hydrogens is 317 g/mol. The molecule has 0 saturated carbocycles. The molecular formula is C18H25F3N2O. The number of benzene rings is 1. The summed E-state index contributed by atoms with van der Waals surface area (Å²) in [7, 11) is 0. The van der Waals surface area contributed by atoms with Crippen molar-refractivity contribution in [1.82, 2.24) is 10.2 Å². The topological polar surface area (TPSA) is 32.3 Å². The van der Waals surface area contributed by atoms with Gasteiger partial charge in [-0.05, 0) is 37.4 Å². The molecule has 1 aromatic carbocycles. The Morgan fingerprint density at radius 1 is 1.33 bits per heavy atom. The molecule has 0 spiro atoms. The zero-order chi connectivity index (χ0) is 17.6. The average Bonchev–Trinajstić information content (AvgIpc) is 2.55. The first-order valence-corrected chi connectivity index (χ1v) is 8.57. The Labute approximate surface area is 141 Å². The maximum absolute atomic E-state index is 12.7. The fourth-order valence-corrected chi connectivity index (χ4v) is 3.26. The van der Waals surface area contributed by atoms with E-state index in [1.807, 2.05) is 0 Å². The fourth-order valence-electron chi connectivity index (χ4n) is 3.26. The summed E-state index contributed by atoms with van der Waals surface area (Å²) in [5, 5.41) is 2.82. The number of likely N-dealkylation sites (tertiary alicyclic amines) is 1. The van der Waals surface area contributed by atoms with Crippen molar-refractivity contribution in [3.63, 3.8) is 0 Å². The van der Waals surface area contributed by atoms with Crippen molar-refractivity contribution >= 4 is 5.91 Å². The van der Waals surface area contributed by atoms with Crippen LogP contribution in [0, 0.1) is 0 Å². The van der Waals surface area contributed by atoms with Crippen LogP contribution >= 0.6 is 0 Å². The molecule has 0 aliphatic carbocycles. The van der Waals surface area contributed by atoms with Crippen molar-refractivity contribution in [2.45, 2.75) is 51.2 Å². The second-order valence-corrected chi connectivity index (χ2v) is 6.32. The number of halogens is 3. The highest BCUT2D eigenvalue weighted by Gasteiger charge is 2.30. The minimum absolute atomic E-state index is 0.0267. The van der Waals surface area contributed by atoms with Gasteiger partial charge in [0.05, 0.1) is 12.0 Å². The van der Waals surface area contributed by atoms with Crippen molar-refractivity contribution in [1.29, 1.82) is 0 Å². The number of alkyl halides is 3. The van der Waals surface area contributed by atoms with Crippen LogP contribution in [0.3, 0.4) is 0 Å². The first-order valence-electron chi connectivity index (χ1n) is 8.57. The highest BCUT2D eigenvalue weighted by molar-refractivity contribution is 5.78. The third-order valence-corrected chi connectivity index (χ3v) is 4.56. The Morgan fingerprint density at radius 2 is 2.12 bits per heavy atom. The Balaban J connectivity index is 1.79. The van der Waals surface area contributed by atoms with E-state index in [0.717, 1.165) is 31.6 Å². The van der Waals surface area contributed by atoms with Crippen LogP contribution in [0.25, 0.3) is 0 Å². The molecule has 1 aliphatic heterocycles. The third-order valence-electron chi connectivity index (χ3n) is 4.56. The van der Waals surface area contributed by atoms with Gasteiger partial charge in [-0.2, -0.15) is 13.2 Å². The Morgan fingerprint density at radius 3 is 2.83 bits per heavy atom. The summed E-state index contributed by atoms with van der Waals surface area (Å²) in [6, 6.07) is 5.52. The van der Waals surface area contributed by atoms with Crippen LogP contribution in [0.4, 0.5) is 13.2 Å². The molecule has 1 unspecified atom stereocenters. The van der Waals surface area contributed by atoms with Gasteiger partial charge in [-0.3, -0.25) is 9.69 Å². The fraction of sp³-hybridized carbons (Fsp3) is 0.611. The van der Waals surface area contributed by atoms with Gasteiger partial charge >= 0.3 is 6.18 Å². The van der Waals surface area contributed by atoms with E-state index in [1.54, 1.807) is 6.07 Å². The van der Waals surface area contributed by atoms with Gasteiger partial charge in [0.2, 0.25) is 5.91 Å². The van der Waals surface area contributed by atoms with E-state index in [4.69, 9.17) is 0 Å². The lowest BCUT2D eigenvalue weighted by molar-refractivity contribution is -0.137. The zero-order valence-corrected chi connectivity index (χ0v) is 14.0. The number of nitrogens with zero attached hydrogens (tertiary/aromatic N) is 1. The van der Waals surface area contributed by atoms with Crippen LogP contribution in [-0.2, 0) is 17.4 Å². The normalized spacial score (nSPS) is 19.2.